The van der Waals surface area contributed by atoms with Gasteiger partial charge in [0.15, 0.2) is 11.0 Å². The average molecular weight is 316 g/mol. The van der Waals surface area contributed by atoms with E-state index in [4.69, 9.17) is 10.7 Å². The predicted molar refractivity (Wildman–Crippen MR) is 94.2 cm³/mol. The van der Waals surface area contributed by atoms with E-state index in [0.29, 0.717) is 5.82 Å². The fourth-order valence-electron chi connectivity index (χ4n) is 3.58. The summed E-state index contributed by atoms with van der Waals surface area (Å²) in [5, 5.41) is 3.44. The van der Waals surface area contributed by atoms with Gasteiger partial charge in [0.25, 0.3) is 0 Å². The lowest BCUT2D eigenvalue weighted by Crippen LogP contribution is -2.27. The third kappa shape index (κ3) is 4.02. The van der Waals surface area contributed by atoms with Gasteiger partial charge in [-0.05, 0) is 51.1 Å². The zero-order valence-corrected chi connectivity index (χ0v) is 14.3. The lowest BCUT2D eigenvalue weighted by molar-refractivity contribution is -0.376. The topological polar surface area (TPSA) is 80.9 Å². The molecule has 1 saturated heterocycles. The summed E-state index contributed by atoms with van der Waals surface area (Å²) in [6.45, 7) is 4.57. The summed E-state index contributed by atoms with van der Waals surface area (Å²) in [5.74, 6) is 2.62. The average Bonchev–Trinajstić information content (AvgIpc) is 2.98. The van der Waals surface area contributed by atoms with Crippen molar-refractivity contribution in [3.63, 3.8) is 0 Å². The van der Waals surface area contributed by atoms with Gasteiger partial charge in [-0.1, -0.05) is 19.8 Å². The first-order valence-electron chi connectivity index (χ1n) is 9.16. The highest BCUT2D eigenvalue weighted by atomic mass is 15.0. The Hall–Kier alpha value is -1.62. The van der Waals surface area contributed by atoms with E-state index >= 15 is 0 Å². The monoisotopic (exact) mass is 316 g/mol. The van der Waals surface area contributed by atoms with Crippen molar-refractivity contribution in [2.24, 2.45) is 5.92 Å². The van der Waals surface area contributed by atoms with Gasteiger partial charge < -0.3 is 16.0 Å². The molecule has 0 atom stereocenters. The minimum Gasteiger partial charge on any atom is -0.353 e. The van der Waals surface area contributed by atoms with Crippen molar-refractivity contribution in [2.45, 2.75) is 58.3 Å². The highest BCUT2D eigenvalue weighted by Gasteiger charge is 2.17. The lowest BCUT2D eigenvalue weighted by Gasteiger charge is -2.22. The van der Waals surface area contributed by atoms with Crippen LogP contribution in [0.2, 0.25) is 0 Å². The van der Waals surface area contributed by atoms with Crippen LogP contribution in [0, 0.1) is 5.92 Å². The van der Waals surface area contributed by atoms with E-state index < -0.39 is 0 Å². The van der Waals surface area contributed by atoms with Gasteiger partial charge in [0, 0.05) is 18.2 Å². The first-order chi connectivity index (χ1) is 11.3. The first kappa shape index (κ1) is 16.2. The maximum atomic E-state index is 6.15. The van der Waals surface area contributed by atoms with Crippen molar-refractivity contribution in [2.75, 3.05) is 18.8 Å². The molecule has 2 aromatic heterocycles. The van der Waals surface area contributed by atoms with Crippen LogP contribution in [-0.2, 0) is 12.8 Å². The molecule has 0 unspecified atom stereocenters. The van der Waals surface area contributed by atoms with Crippen molar-refractivity contribution < 1.29 is 4.98 Å². The number of unbranched alkanes of at least 4 members (excludes halogenated alkanes) is 1. The molecule has 3 heterocycles. The Morgan fingerprint density at radius 2 is 2.09 bits per heavy atom. The Kier molecular flexibility index (Phi) is 5.49. The van der Waals surface area contributed by atoms with E-state index in [2.05, 4.69) is 28.4 Å². The van der Waals surface area contributed by atoms with Crippen LogP contribution in [0.3, 0.4) is 0 Å². The standard InChI is InChI=1S/C18H29N5/c1-2-3-7-15-22-16-14(12-21-17(16)18(19)23-15)6-4-5-13-8-10-20-11-9-13/h12-13,20-21H,2-11H2,1H3,(H2,19,22,23)/p+1. The smallest absolute Gasteiger partial charge is 0.244 e. The summed E-state index contributed by atoms with van der Waals surface area (Å²) in [6.07, 6.45) is 11.7. The Morgan fingerprint density at radius 1 is 1.26 bits per heavy atom. The van der Waals surface area contributed by atoms with Crippen molar-refractivity contribution in [1.29, 1.82) is 0 Å². The number of aromatic amines is 2. The first-order valence-corrected chi connectivity index (χ1v) is 9.16. The number of H-pyrrole nitrogens is 2. The number of piperidine rings is 1. The number of nitrogen functional groups attached to an aromatic ring is 1. The van der Waals surface area contributed by atoms with E-state index in [0.717, 1.165) is 42.0 Å². The molecule has 0 aromatic carbocycles. The molecule has 3 rings (SSSR count). The van der Waals surface area contributed by atoms with E-state index in [1.54, 1.807) is 0 Å². The molecule has 1 fully saturated rings. The van der Waals surface area contributed by atoms with Crippen molar-refractivity contribution in [3.8, 4) is 0 Å². The van der Waals surface area contributed by atoms with Gasteiger partial charge in [-0.2, -0.15) is 0 Å². The molecule has 5 N–H and O–H groups in total. The summed E-state index contributed by atoms with van der Waals surface area (Å²) in [6, 6.07) is 0. The highest BCUT2D eigenvalue weighted by Crippen LogP contribution is 2.23. The van der Waals surface area contributed by atoms with E-state index in [-0.39, 0.29) is 0 Å². The minimum absolute atomic E-state index is 0.714. The van der Waals surface area contributed by atoms with Gasteiger partial charge in [-0.15, -0.1) is 4.98 Å². The number of fused-ring (bicyclic) bond motifs is 1. The number of anilines is 1. The molecule has 5 heteroatoms. The van der Waals surface area contributed by atoms with Crippen molar-refractivity contribution >= 4 is 16.9 Å². The van der Waals surface area contributed by atoms with Crippen LogP contribution in [0.15, 0.2) is 6.20 Å². The Morgan fingerprint density at radius 3 is 2.87 bits per heavy atom. The predicted octanol–water partition coefficient (Wildman–Crippen LogP) is 2.62. The van der Waals surface area contributed by atoms with E-state index in [9.17, 15) is 0 Å². The molecule has 1 aliphatic rings. The molecule has 0 aliphatic carbocycles. The maximum absolute atomic E-state index is 6.15. The zero-order valence-electron chi connectivity index (χ0n) is 14.3. The number of rotatable bonds is 7. The van der Waals surface area contributed by atoms with Gasteiger partial charge in [-0.3, -0.25) is 0 Å². The van der Waals surface area contributed by atoms with Crippen LogP contribution in [0.25, 0.3) is 11.0 Å². The summed E-state index contributed by atoms with van der Waals surface area (Å²) < 4.78 is 0. The summed E-state index contributed by atoms with van der Waals surface area (Å²) >= 11 is 0. The minimum atomic E-state index is 0.714. The largest absolute Gasteiger partial charge is 0.353 e. The number of nitrogens with zero attached hydrogens (tertiary/aromatic N) is 1. The fraction of sp³-hybridized carbons (Fsp3) is 0.667. The normalized spacial score (nSPS) is 16.2. The van der Waals surface area contributed by atoms with Crippen molar-refractivity contribution in [1.82, 2.24) is 15.3 Å². The summed E-state index contributed by atoms with van der Waals surface area (Å²) in [7, 11) is 0. The summed E-state index contributed by atoms with van der Waals surface area (Å²) in [4.78, 5) is 11.4. The Balaban J connectivity index is 1.66. The van der Waals surface area contributed by atoms with Crippen LogP contribution in [-0.4, -0.2) is 23.1 Å². The molecule has 23 heavy (non-hydrogen) atoms. The molecule has 0 spiro atoms. The van der Waals surface area contributed by atoms with Crippen molar-refractivity contribution in [3.05, 3.63) is 17.6 Å². The van der Waals surface area contributed by atoms with Crippen LogP contribution >= 0.6 is 0 Å². The molecule has 126 valence electrons. The maximum Gasteiger partial charge on any atom is 0.244 e. The third-order valence-corrected chi connectivity index (χ3v) is 5.01. The molecular formula is C18H30N5+. The van der Waals surface area contributed by atoms with Crippen LogP contribution in [0.1, 0.15) is 56.8 Å². The number of nitrogens with one attached hydrogen (secondary N) is 3. The molecule has 0 bridgehead atoms. The fourth-order valence-corrected chi connectivity index (χ4v) is 3.58. The van der Waals surface area contributed by atoms with Gasteiger partial charge in [-0.25, -0.2) is 4.98 Å². The molecule has 5 nitrogen and oxygen atoms in total. The van der Waals surface area contributed by atoms with E-state index in [1.165, 1.54) is 50.8 Å². The number of hydrogen-bond acceptors (Lipinski definition) is 3. The number of aryl methyl sites for hydroxylation is 2. The van der Waals surface area contributed by atoms with Crippen LogP contribution in [0.4, 0.5) is 5.82 Å². The number of aromatic nitrogens is 3. The van der Waals surface area contributed by atoms with Crippen LogP contribution < -0.4 is 16.0 Å². The van der Waals surface area contributed by atoms with Gasteiger partial charge in [0.2, 0.25) is 11.6 Å². The quantitative estimate of drug-likeness (QED) is 0.734. The second kappa shape index (κ2) is 7.77. The van der Waals surface area contributed by atoms with Gasteiger partial charge in [0.1, 0.15) is 0 Å². The number of nitrogens with two attached hydrogens (primary N) is 1. The SMILES string of the molecule is CCCCc1nc2c(CCCC3CCNCC3)c[nH]c2c(N)[nH+]1. The lowest BCUT2D eigenvalue weighted by atomic mass is 9.92. The van der Waals surface area contributed by atoms with Crippen LogP contribution in [0.5, 0.6) is 0 Å². The van der Waals surface area contributed by atoms with E-state index in [1.807, 2.05) is 0 Å². The molecule has 1 aliphatic heterocycles. The van der Waals surface area contributed by atoms with Gasteiger partial charge >= 0.3 is 0 Å². The highest BCUT2D eigenvalue weighted by molar-refractivity contribution is 5.85. The third-order valence-electron chi connectivity index (χ3n) is 5.01. The molecular weight excluding hydrogens is 286 g/mol. The summed E-state index contributed by atoms with van der Waals surface area (Å²) in [5.41, 5.74) is 9.49. The molecule has 0 radical (unpaired) electrons. The molecule has 2 aromatic rings. The zero-order chi connectivity index (χ0) is 16.1. The Bertz CT molecular complexity index is 628. The second-order valence-corrected chi connectivity index (χ2v) is 6.82. The number of hydrogen-bond donors (Lipinski definition) is 3. The van der Waals surface area contributed by atoms with Gasteiger partial charge in [0.05, 0.1) is 0 Å². The second-order valence-electron chi connectivity index (χ2n) is 6.82. The molecule has 0 saturated carbocycles. The Labute approximate surface area is 138 Å². The molecule has 0 amide bonds.